The van der Waals surface area contributed by atoms with Gasteiger partial charge in [0, 0.05) is 29.7 Å². The van der Waals surface area contributed by atoms with Crippen LogP contribution in [0.15, 0.2) is 41.9 Å². The van der Waals surface area contributed by atoms with Crippen LogP contribution < -0.4 is 5.32 Å². The summed E-state index contributed by atoms with van der Waals surface area (Å²) in [4.78, 5) is 31.9. The van der Waals surface area contributed by atoms with Gasteiger partial charge in [-0.3, -0.25) is 14.7 Å². The molecule has 158 valence electrons. The Hall–Kier alpha value is -3.51. The number of nitrogens with one attached hydrogen (secondary N) is 2. The van der Waals surface area contributed by atoms with Gasteiger partial charge in [0.25, 0.3) is 5.91 Å². The van der Waals surface area contributed by atoms with E-state index in [-0.39, 0.29) is 23.8 Å². The van der Waals surface area contributed by atoms with E-state index in [4.69, 9.17) is 5.26 Å². The molecule has 9 heteroatoms. The lowest BCUT2D eigenvalue weighted by atomic mass is 9.89. The number of hydrogen-bond donors (Lipinski definition) is 2. The average molecular weight is 435 g/mol. The zero-order chi connectivity index (χ0) is 21.8. The first-order valence-corrected chi connectivity index (χ1v) is 11.0. The van der Waals surface area contributed by atoms with Gasteiger partial charge in [-0.25, -0.2) is 4.98 Å². The summed E-state index contributed by atoms with van der Waals surface area (Å²) in [6, 6.07) is 10.8. The molecular weight excluding hydrogens is 412 g/mol. The lowest BCUT2D eigenvalue weighted by Crippen LogP contribution is -2.51. The second-order valence-corrected chi connectivity index (χ2v) is 8.43. The molecule has 3 aromatic rings. The summed E-state index contributed by atoms with van der Waals surface area (Å²) >= 11 is 1.48. The zero-order valence-electron chi connectivity index (χ0n) is 17.0. The number of nitrogens with zero attached hydrogens (tertiary/aromatic N) is 4. The number of thiazole rings is 1. The Kier molecular flexibility index (Phi) is 6.09. The molecule has 3 heterocycles. The molecule has 1 aliphatic heterocycles. The van der Waals surface area contributed by atoms with Gasteiger partial charge in [-0.15, -0.1) is 11.3 Å². The highest BCUT2D eigenvalue weighted by molar-refractivity contribution is 7.09. The molecule has 0 radical (unpaired) electrons. The van der Waals surface area contributed by atoms with E-state index in [0.717, 1.165) is 29.1 Å². The third-order valence-electron chi connectivity index (χ3n) is 5.59. The first-order valence-electron chi connectivity index (χ1n) is 10.1. The molecule has 1 fully saturated rings. The maximum absolute atomic E-state index is 12.9. The predicted octanol–water partition coefficient (Wildman–Crippen LogP) is 2.96. The maximum atomic E-state index is 12.9. The van der Waals surface area contributed by atoms with E-state index in [1.54, 1.807) is 29.3 Å². The number of amides is 2. The molecule has 2 N–H and O–H groups in total. The maximum Gasteiger partial charge on any atom is 0.272 e. The van der Waals surface area contributed by atoms with Crippen LogP contribution in [0.3, 0.4) is 0 Å². The molecule has 2 aromatic heterocycles. The van der Waals surface area contributed by atoms with Gasteiger partial charge in [0.2, 0.25) is 5.91 Å². The monoisotopic (exact) mass is 434 g/mol. The van der Waals surface area contributed by atoms with E-state index < -0.39 is 0 Å². The van der Waals surface area contributed by atoms with Gasteiger partial charge >= 0.3 is 0 Å². The molecule has 31 heavy (non-hydrogen) atoms. The Morgan fingerprint density at radius 3 is 2.84 bits per heavy atom. The van der Waals surface area contributed by atoms with Crippen molar-refractivity contribution >= 4 is 23.2 Å². The third-order valence-corrected chi connectivity index (χ3v) is 6.44. The highest BCUT2D eigenvalue weighted by Gasteiger charge is 2.36. The molecule has 8 nitrogen and oxygen atoms in total. The van der Waals surface area contributed by atoms with E-state index in [1.807, 2.05) is 24.4 Å². The quantitative estimate of drug-likeness (QED) is 0.641. The predicted molar refractivity (Wildman–Crippen MR) is 116 cm³/mol. The molecule has 2 amide bonds. The van der Waals surface area contributed by atoms with Crippen molar-refractivity contribution in [2.75, 3.05) is 6.54 Å². The average Bonchev–Trinajstić information content (AvgIpc) is 3.50. The number of hydrogen-bond acceptors (Lipinski definition) is 6. The number of carbonyl (C=O) groups is 2. The highest BCUT2D eigenvalue weighted by atomic mass is 32.1. The van der Waals surface area contributed by atoms with Gasteiger partial charge in [0.15, 0.2) is 0 Å². The summed E-state index contributed by atoms with van der Waals surface area (Å²) in [7, 11) is 0. The van der Waals surface area contributed by atoms with Crippen molar-refractivity contribution in [2.45, 2.75) is 32.4 Å². The Labute approximate surface area is 183 Å². The van der Waals surface area contributed by atoms with E-state index in [2.05, 4.69) is 26.6 Å². The zero-order valence-corrected chi connectivity index (χ0v) is 17.9. The molecule has 1 aliphatic rings. The Balaban J connectivity index is 1.36. The van der Waals surface area contributed by atoms with E-state index >= 15 is 0 Å². The van der Waals surface area contributed by atoms with Crippen molar-refractivity contribution in [1.82, 2.24) is 25.4 Å². The summed E-state index contributed by atoms with van der Waals surface area (Å²) in [5.74, 6) is -0.460. The molecule has 1 aromatic carbocycles. The van der Waals surface area contributed by atoms with Crippen molar-refractivity contribution in [3.8, 4) is 17.3 Å². The fraction of sp³-hybridized carbons (Fsp3) is 0.318. The molecule has 2 unspecified atom stereocenters. The summed E-state index contributed by atoms with van der Waals surface area (Å²) in [6.45, 7) is 2.89. The van der Waals surface area contributed by atoms with Crippen molar-refractivity contribution < 1.29 is 9.59 Å². The second kappa shape index (κ2) is 9.10. The van der Waals surface area contributed by atoms with Crippen molar-refractivity contribution in [3.05, 3.63) is 58.2 Å². The standard InChI is InChI=1S/C22H22N6O2S/c1-14-17(3-2-10-28(14)22(30)18-8-9-25-27-18)21(29)24-12-20-26-19(13-31-20)16-6-4-15(11-23)5-7-16/h4-9,13-14,17H,2-3,10,12H2,1H3,(H,24,29)(H,25,27). The number of aromatic nitrogens is 3. The van der Waals surface area contributed by atoms with E-state index in [0.29, 0.717) is 24.3 Å². The molecule has 0 spiro atoms. The topological polar surface area (TPSA) is 115 Å². The summed E-state index contributed by atoms with van der Waals surface area (Å²) in [5.41, 5.74) is 2.79. The molecular formula is C22H22N6O2S. The van der Waals surface area contributed by atoms with Crippen LogP contribution in [0.25, 0.3) is 11.3 Å². The SMILES string of the molecule is CC1C(C(=O)NCc2nc(-c3ccc(C#N)cc3)cs2)CCCN1C(=O)c1ccn[nH]1. The lowest BCUT2D eigenvalue weighted by molar-refractivity contribution is -0.128. The number of piperidine rings is 1. The van der Waals surface area contributed by atoms with Crippen LogP contribution in [0.1, 0.15) is 40.8 Å². The number of aromatic amines is 1. The minimum absolute atomic E-state index is 0.0651. The fourth-order valence-electron chi connectivity index (χ4n) is 3.84. The summed E-state index contributed by atoms with van der Waals surface area (Å²) in [5, 5.41) is 21.2. The van der Waals surface area contributed by atoms with Crippen LogP contribution >= 0.6 is 11.3 Å². The first-order chi connectivity index (χ1) is 15.1. The van der Waals surface area contributed by atoms with Gasteiger partial charge in [0.05, 0.1) is 29.8 Å². The molecule has 1 saturated heterocycles. The van der Waals surface area contributed by atoms with Crippen molar-refractivity contribution in [3.63, 3.8) is 0 Å². The van der Waals surface area contributed by atoms with Crippen molar-refractivity contribution in [2.24, 2.45) is 5.92 Å². The minimum Gasteiger partial charge on any atom is -0.349 e. The van der Waals surface area contributed by atoms with Crippen molar-refractivity contribution in [1.29, 1.82) is 5.26 Å². The smallest absolute Gasteiger partial charge is 0.272 e. The van der Waals surface area contributed by atoms with Crippen LogP contribution in [0.5, 0.6) is 0 Å². The number of likely N-dealkylation sites (tertiary alicyclic amines) is 1. The van der Waals surface area contributed by atoms with Crippen LogP contribution in [-0.2, 0) is 11.3 Å². The first kappa shape index (κ1) is 20.8. The Morgan fingerprint density at radius 2 is 2.13 bits per heavy atom. The van der Waals surface area contributed by atoms with Gasteiger partial charge in [-0.2, -0.15) is 10.4 Å². The number of benzene rings is 1. The fourth-order valence-corrected chi connectivity index (χ4v) is 4.59. The normalized spacial score (nSPS) is 18.4. The van der Waals surface area contributed by atoms with Crippen LogP contribution in [-0.4, -0.2) is 44.5 Å². The molecule has 4 rings (SSSR count). The highest BCUT2D eigenvalue weighted by Crippen LogP contribution is 2.26. The number of nitriles is 1. The Morgan fingerprint density at radius 1 is 1.32 bits per heavy atom. The summed E-state index contributed by atoms with van der Waals surface area (Å²) in [6.07, 6.45) is 3.07. The second-order valence-electron chi connectivity index (χ2n) is 7.49. The van der Waals surface area contributed by atoms with Crippen LogP contribution in [0.4, 0.5) is 0 Å². The Bertz CT molecular complexity index is 1100. The minimum atomic E-state index is -0.265. The molecule has 0 bridgehead atoms. The largest absolute Gasteiger partial charge is 0.349 e. The molecule has 0 aliphatic carbocycles. The molecule has 2 atom stereocenters. The van der Waals surface area contributed by atoms with Crippen LogP contribution in [0.2, 0.25) is 0 Å². The number of carbonyl (C=O) groups excluding carboxylic acids is 2. The van der Waals surface area contributed by atoms with Gasteiger partial charge < -0.3 is 10.2 Å². The lowest BCUT2D eigenvalue weighted by Gasteiger charge is -2.38. The van der Waals surface area contributed by atoms with Gasteiger partial charge in [-0.1, -0.05) is 12.1 Å². The van der Waals surface area contributed by atoms with E-state index in [9.17, 15) is 9.59 Å². The third kappa shape index (κ3) is 4.49. The van der Waals surface area contributed by atoms with Gasteiger partial charge in [-0.05, 0) is 38.0 Å². The van der Waals surface area contributed by atoms with Crippen LogP contribution in [0, 0.1) is 17.2 Å². The number of rotatable bonds is 5. The van der Waals surface area contributed by atoms with E-state index in [1.165, 1.54) is 11.3 Å². The summed E-state index contributed by atoms with van der Waals surface area (Å²) < 4.78 is 0. The molecule has 0 saturated carbocycles. The van der Waals surface area contributed by atoms with Gasteiger partial charge in [0.1, 0.15) is 10.7 Å². The number of H-pyrrole nitrogens is 1.